The highest BCUT2D eigenvalue weighted by Crippen LogP contribution is 2.24. The molecule has 1 N–H and O–H groups in total. The van der Waals surface area contributed by atoms with E-state index in [0.29, 0.717) is 5.82 Å². The van der Waals surface area contributed by atoms with Gasteiger partial charge in [-0.1, -0.05) is 6.07 Å². The van der Waals surface area contributed by atoms with Gasteiger partial charge >= 0.3 is 0 Å². The van der Waals surface area contributed by atoms with Gasteiger partial charge in [0.15, 0.2) is 5.82 Å². The van der Waals surface area contributed by atoms with Crippen LogP contribution in [0.5, 0.6) is 0 Å². The summed E-state index contributed by atoms with van der Waals surface area (Å²) in [5.74, 6) is 1.53. The number of nitrogens with one attached hydrogen (secondary N) is 1. The fourth-order valence-corrected chi connectivity index (χ4v) is 3.73. The van der Waals surface area contributed by atoms with E-state index in [0.717, 1.165) is 48.3 Å². The van der Waals surface area contributed by atoms with Crippen molar-refractivity contribution in [3.05, 3.63) is 61.6 Å². The normalized spacial score (nSPS) is 14.7. The van der Waals surface area contributed by atoms with Gasteiger partial charge in [0.2, 0.25) is 5.91 Å². The van der Waals surface area contributed by atoms with Gasteiger partial charge in [-0.05, 0) is 37.1 Å². The zero-order valence-electron chi connectivity index (χ0n) is 16.2. The Hall–Kier alpha value is -3.88. The maximum Gasteiger partial charge on any atom is 0.227 e. The van der Waals surface area contributed by atoms with E-state index in [1.54, 1.807) is 17.2 Å². The third-order valence-electron chi connectivity index (χ3n) is 5.35. The highest BCUT2D eigenvalue weighted by atomic mass is 16.1. The first kappa shape index (κ1) is 18.2. The molecule has 1 aliphatic rings. The molecule has 0 spiro atoms. The molecule has 0 aliphatic carbocycles. The van der Waals surface area contributed by atoms with Crippen LogP contribution in [0.3, 0.4) is 0 Å². The minimum absolute atomic E-state index is 0.0255. The molecule has 1 aromatic carbocycles. The second-order valence-electron chi connectivity index (χ2n) is 7.24. The molecule has 150 valence electrons. The van der Waals surface area contributed by atoms with E-state index < -0.39 is 0 Å². The first-order chi connectivity index (χ1) is 14.8. The maximum atomic E-state index is 12.8. The fourth-order valence-electron chi connectivity index (χ4n) is 3.73. The number of carbonyl (C=O) groups is 1. The number of piperidine rings is 1. The number of amides is 1. The molecular formula is C21H20N8O. The average molecular weight is 400 g/mol. The minimum atomic E-state index is -0.0255. The summed E-state index contributed by atoms with van der Waals surface area (Å²) in [5.41, 5.74) is 1.72. The molecule has 3 aromatic heterocycles. The van der Waals surface area contributed by atoms with E-state index in [-0.39, 0.29) is 11.8 Å². The Bertz CT molecular complexity index is 1170. The molecule has 0 bridgehead atoms. The van der Waals surface area contributed by atoms with Gasteiger partial charge in [-0.15, -0.1) is 0 Å². The summed E-state index contributed by atoms with van der Waals surface area (Å²) in [6.07, 6.45) is 7.90. The van der Waals surface area contributed by atoms with Crippen molar-refractivity contribution in [2.75, 3.05) is 23.3 Å². The first-order valence-corrected chi connectivity index (χ1v) is 9.84. The second kappa shape index (κ2) is 7.86. The summed E-state index contributed by atoms with van der Waals surface area (Å²) in [7, 11) is 0. The second-order valence-corrected chi connectivity index (χ2v) is 7.24. The molecule has 1 saturated heterocycles. The smallest absolute Gasteiger partial charge is 0.227 e. The van der Waals surface area contributed by atoms with E-state index in [4.69, 9.17) is 0 Å². The van der Waals surface area contributed by atoms with E-state index in [1.165, 1.54) is 12.7 Å². The zero-order chi connectivity index (χ0) is 20.3. The number of hydrogen-bond donors (Lipinski definition) is 1. The predicted octanol–water partition coefficient (Wildman–Crippen LogP) is 2.46. The molecule has 4 heterocycles. The number of rotatable bonds is 4. The Morgan fingerprint density at radius 1 is 1.00 bits per heavy atom. The maximum absolute atomic E-state index is 12.8. The lowest BCUT2D eigenvalue weighted by atomic mass is 9.95. The predicted molar refractivity (Wildman–Crippen MR) is 112 cm³/mol. The quantitative estimate of drug-likeness (QED) is 0.561. The van der Waals surface area contributed by atoms with E-state index in [2.05, 4.69) is 35.3 Å². The van der Waals surface area contributed by atoms with Gasteiger partial charge in [-0.2, -0.15) is 5.10 Å². The number of aromatic nitrogens is 6. The Morgan fingerprint density at radius 2 is 1.87 bits per heavy atom. The van der Waals surface area contributed by atoms with Gasteiger partial charge < -0.3 is 10.2 Å². The minimum Gasteiger partial charge on any atom is -0.356 e. The topological polar surface area (TPSA) is 102 Å². The van der Waals surface area contributed by atoms with Crippen LogP contribution < -0.4 is 10.2 Å². The monoisotopic (exact) mass is 400 g/mol. The van der Waals surface area contributed by atoms with Gasteiger partial charge in [0.05, 0.1) is 5.52 Å². The lowest BCUT2D eigenvalue weighted by Gasteiger charge is -2.32. The summed E-state index contributed by atoms with van der Waals surface area (Å²) >= 11 is 0. The van der Waals surface area contributed by atoms with Crippen LogP contribution in [0.2, 0.25) is 0 Å². The Morgan fingerprint density at radius 3 is 2.70 bits per heavy atom. The molecule has 4 aromatic rings. The van der Waals surface area contributed by atoms with Crippen molar-refractivity contribution in [1.82, 2.24) is 29.7 Å². The van der Waals surface area contributed by atoms with Crippen molar-refractivity contribution < 1.29 is 4.79 Å². The van der Waals surface area contributed by atoms with Crippen LogP contribution in [0.4, 0.5) is 11.5 Å². The van der Waals surface area contributed by atoms with Crippen molar-refractivity contribution in [1.29, 1.82) is 0 Å². The third kappa shape index (κ3) is 3.69. The third-order valence-corrected chi connectivity index (χ3v) is 5.35. The van der Waals surface area contributed by atoms with E-state index in [1.807, 2.05) is 36.4 Å². The van der Waals surface area contributed by atoms with Crippen molar-refractivity contribution in [3.63, 3.8) is 0 Å². The lowest BCUT2D eigenvalue weighted by Crippen LogP contribution is -2.38. The molecule has 0 saturated carbocycles. The van der Waals surface area contributed by atoms with Gasteiger partial charge in [-0.3, -0.25) is 9.78 Å². The molecule has 0 atom stereocenters. The molecule has 1 amide bonds. The highest BCUT2D eigenvalue weighted by molar-refractivity contribution is 5.95. The largest absolute Gasteiger partial charge is 0.356 e. The molecule has 5 rings (SSSR count). The summed E-state index contributed by atoms with van der Waals surface area (Å²) in [4.78, 5) is 31.8. The Balaban J connectivity index is 1.22. The SMILES string of the molecule is O=C(Nc1ccc2ncccc2c1)C1CCN(c2cc(-n3cncn3)ncn2)CC1. The van der Waals surface area contributed by atoms with E-state index in [9.17, 15) is 4.79 Å². The van der Waals surface area contributed by atoms with Crippen LogP contribution in [0.15, 0.2) is 61.6 Å². The van der Waals surface area contributed by atoms with Gasteiger partial charge in [0, 0.05) is 42.3 Å². The molecular weight excluding hydrogens is 380 g/mol. The number of fused-ring (bicyclic) bond motifs is 1. The van der Waals surface area contributed by atoms with Crippen molar-refractivity contribution >= 4 is 28.3 Å². The zero-order valence-corrected chi connectivity index (χ0v) is 16.2. The van der Waals surface area contributed by atoms with Crippen LogP contribution in [-0.2, 0) is 4.79 Å². The van der Waals surface area contributed by atoms with Crippen LogP contribution in [0.1, 0.15) is 12.8 Å². The fraction of sp³-hybridized carbons (Fsp3) is 0.238. The number of pyridine rings is 1. The van der Waals surface area contributed by atoms with Crippen molar-refractivity contribution in [2.24, 2.45) is 5.92 Å². The van der Waals surface area contributed by atoms with Gasteiger partial charge in [-0.25, -0.2) is 19.6 Å². The summed E-state index contributed by atoms with van der Waals surface area (Å²) in [6, 6.07) is 11.6. The Labute approximate surface area is 172 Å². The lowest BCUT2D eigenvalue weighted by molar-refractivity contribution is -0.120. The highest BCUT2D eigenvalue weighted by Gasteiger charge is 2.26. The summed E-state index contributed by atoms with van der Waals surface area (Å²) in [5, 5.41) is 8.17. The summed E-state index contributed by atoms with van der Waals surface area (Å²) in [6.45, 7) is 1.51. The number of carbonyl (C=O) groups excluding carboxylic acids is 1. The van der Waals surface area contributed by atoms with Gasteiger partial charge in [0.25, 0.3) is 0 Å². The molecule has 9 nitrogen and oxygen atoms in total. The average Bonchev–Trinajstić information content (AvgIpc) is 3.34. The molecule has 1 aliphatic heterocycles. The number of hydrogen-bond acceptors (Lipinski definition) is 7. The number of benzene rings is 1. The first-order valence-electron chi connectivity index (χ1n) is 9.84. The molecule has 30 heavy (non-hydrogen) atoms. The number of anilines is 2. The summed E-state index contributed by atoms with van der Waals surface area (Å²) < 4.78 is 1.60. The van der Waals surface area contributed by atoms with Gasteiger partial charge in [0.1, 0.15) is 24.8 Å². The van der Waals surface area contributed by atoms with Crippen LogP contribution in [0, 0.1) is 5.92 Å². The van der Waals surface area contributed by atoms with E-state index >= 15 is 0 Å². The molecule has 0 radical (unpaired) electrons. The standard InChI is InChI=1S/C21H20N8O/c30-21(27-17-3-4-18-16(10-17)2-1-7-23-18)15-5-8-28(9-6-15)19-11-20(25-13-24-19)29-14-22-12-26-29/h1-4,7,10-15H,5-6,8-9H2,(H,27,30). The van der Waals surface area contributed by atoms with Crippen LogP contribution >= 0.6 is 0 Å². The Kier molecular flexibility index (Phi) is 4.76. The van der Waals surface area contributed by atoms with Crippen LogP contribution in [-0.4, -0.2) is 48.7 Å². The number of nitrogens with zero attached hydrogens (tertiary/aromatic N) is 7. The molecule has 1 fully saturated rings. The molecule has 0 unspecified atom stereocenters. The van der Waals surface area contributed by atoms with Crippen LogP contribution in [0.25, 0.3) is 16.7 Å². The van der Waals surface area contributed by atoms with Crippen molar-refractivity contribution in [2.45, 2.75) is 12.8 Å². The van der Waals surface area contributed by atoms with Crippen molar-refractivity contribution in [3.8, 4) is 5.82 Å². The molecule has 9 heteroatoms.